The van der Waals surface area contributed by atoms with Gasteiger partial charge in [-0.2, -0.15) is 0 Å². The van der Waals surface area contributed by atoms with E-state index in [0.717, 1.165) is 45.4 Å². The molecule has 0 spiro atoms. The minimum atomic E-state index is -2.54. The summed E-state index contributed by atoms with van der Waals surface area (Å²) in [6, 6.07) is 39.1. The molecule has 0 aliphatic carbocycles. The third-order valence-electron chi connectivity index (χ3n) is 8.07. The molecule has 4 rings (SSSR count). The molecule has 0 bridgehead atoms. The van der Waals surface area contributed by atoms with Crippen molar-refractivity contribution in [3.63, 3.8) is 0 Å². The van der Waals surface area contributed by atoms with Gasteiger partial charge in [0.2, 0.25) is 0 Å². The average molecular weight is 629 g/mol. The third kappa shape index (κ3) is 8.74. The summed E-state index contributed by atoms with van der Waals surface area (Å²) in [4.78, 5) is 13.8. The summed E-state index contributed by atoms with van der Waals surface area (Å²) < 4.78 is 28.2. The molecule has 0 saturated heterocycles. The van der Waals surface area contributed by atoms with Crippen LogP contribution >= 0.6 is 6.89 Å². The molecule has 7 heteroatoms. The van der Waals surface area contributed by atoms with Crippen LogP contribution in [0.2, 0.25) is 0 Å². The lowest BCUT2D eigenvalue weighted by Crippen LogP contribution is -2.34. The van der Waals surface area contributed by atoms with Gasteiger partial charge in [0.25, 0.3) is 0 Å². The minimum absolute atomic E-state index is 0.160. The molecule has 4 aromatic carbocycles. The monoisotopic (exact) mass is 628 g/mol. The Kier molecular flexibility index (Phi) is 13.5. The van der Waals surface area contributed by atoms with Gasteiger partial charge >= 0.3 is 5.97 Å². The van der Waals surface area contributed by atoms with Crippen molar-refractivity contribution in [2.45, 2.75) is 38.9 Å². The number of hydrogen-bond donors (Lipinski definition) is 0. The van der Waals surface area contributed by atoms with Gasteiger partial charge in [-0.15, -0.1) is 0 Å². The van der Waals surface area contributed by atoms with Gasteiger partial charge in [0.05, 0.1) is 33.5 Å². The summed E-state index contributed by atoms with van der Waals surface area (Å²) in [5, 5.41) is 4.20. The van der Waals surface area contributed by atoms with Crippen LogP contribution in [0.1, 0.15) is 31.7 Å². The minimum Gasteiger partial charge on any atom is -0.497 e. The zero-order chi connectivity index (χ0) is 31.9. The Morgan fingerprint density at radius 3 is 1.73 bits per heavy atom. The van der Waals surface area contributed by atoms with Gasteiger partial charge < -0.3 is 23.7 Å². The maximum atomic E-state index is 13.8. The van der Waals surface area contributed by atoms with Crippen LogP contribution in [0.3, 0.4) is 0 Å². The van der Waals surface area contributed by atoms with Crippen LogP contribution in [0.5, 0.6) is 5.75 Å². The van der Waals surface area contributed by atoms with E-state index in [1.54, 1.807) is 14.2 Å². The highest BCUT2D eigenvalue weighted by atomic mass is 31.2. The summed E-state index contributed by atoms with van der Waals surface area (Å²) in [7, 11) is 4.76. The highest BCUT2D eigenvalue weighted by Crippen LogP contribution is 2.47. The summed E-state index contributed by atoms with van der Waals surface area (Å²) in [5.41, 5.74) is 1.06. The van der Waals surface area contributed by atoms with Crippen LogP contribution in [-0.2, 0) is 30.3 Å². The fourth-order valence-electron chi connectivity index (χ4n) is 5.72. The number of benzene rings is 4. The van der Waals surface area contributed by atoms with Crippen molar-refractivity contribution in [3.8, 4) is 5.75 Å². The largest absolute Gasteiger partial charge is 0.497 e. The first kappa shape index (κ1) is 34.2. The summed E-state index contributed by atoms with van der Waals surface area (Å²) >= 11 is 0. The quantitative estimate of drug-likeness (QED) is 0.0772. The van der Waals surface area contributed by atoms with Crippen molar-refractivity contribution in [1.29, 1.82) is 0 Å². The van der Waals surface area contributed by atoms with Gasteiger partial charge in [-0.25, -0.2) is 4.79 Å². The van der Waals surface area contributed by atoms with E-state index in [4.69, 9.17) is 23.7 Å². The zero-order valence-electron chi connectivity index (χ0n) is 26.8. The Morgan fingerprint density at radius 1 is 0.733 bits per heavy atom. The van der Waals surface area contributed by atoms with Crippen molar-refractivity contribution in [3.05, 3.63) is 121 Å². The number of rotatable bonds is 17. The van der Waals surface area contributed by atoms with E-state index < -0.39 is 6.89 Å². The highest BCUT2D eigenvalue weighted by Gasteiger charge is 2.33. The van der Waals surface area contributed by atoms with Crippen molar-refractivity contribution in [1.82, 2.24) is 0 Å². The van der Waals surface area contributed by atoms with E-state index in [0.29, 0.717) is 19.6 Å². The number of esters is 1. The van der Waals surface area contributed by atoms with E-state index in [-0.39, 0.29) is 24.8 Å². The first-order chi connectivity index (χ1) is 22.0. The Labute approximate surface area is 268 Å². The summed E-state index contributed by atoms with van der Waals surface area (Å²) in [5.74, 6) is 0.713. The molecule has 4 aromatic rings. The van der Waals surface area contributed by atoms with Gasteiger partial charge in [0.1, 0.15) is 12.5 Å². The molecule has 0 amide bonds. The van der Waals surface area contributed by atoms with Gasteiger partial charge in [0, 0.05) is 12.4 Å². The average Bonchev–Trinajstić information content (AvgIpc) is 3.10. The maximum Gasteiger partial charge on any atom is 0.334 e. The van der Waals surface area contributed by atoms with Crippen molar-refractivity contribution < 1.29 is 28.5 Å². The smallest absolute Gasteiger partial charge is 0.334 e. The van der Waals surface area contributed by atoms with Gasteiger partial charge in [-0.05, 0) is 65.7 Å². The summed E-state index contributed by atoms with van der Waals surface area (Å²) in [6.07, 6.45) is 2.04. The Morgan fingerprint density at radius 2 is 1.27 bits per heavy atom. The number of ether oxygens (including phenoxy) is 5. The first-order valence-corrected chi connectivity index (χ1v) is 17.1. The maximum absolute atomic E-state index is 13.8. The molecule has 2 atom stereocenters. The Hall–Kier alpha value is -3.67. The highest BCUT2D eigenvalue weighted by molar-refractivity contribution is 7.96. The Bertz CT molecular complexity index is 1390. The second-order valence-corrected chi connectivity index (χ2v) is 14.4. The molecule has 0 saturated carbocycles. The fraction of sp³-hybridized carbons (Fsp3) is 0.316. The molecule has 0 unspecified atom stereocenters. The fourth-order valence-corrected chi connectivity index (χ4v) is 10.3. The third-order valence-corrected chi connectivity index (χ3v) is 12.5. The van der Waals surface area contributed by atoms with Crippen LogP contribution < -0.4 is 20.7 Å². The lowest BCUT2D eigenvalue weighted by Gasteiger charge is -2.32. The molecule has 0 aromatic heterocycles. The standard InChI is InChI=1S/C38H45O6P/c1-30(36(44-29-40-2)28-43-27-31-23-25-32(41-3)26-24-31)15-14-22-37(38(39)42-4)45(33-16-8-5-9-17-33,34-18-10-6-11-19-34)35-20-12-7-13-21-35/h5-13,16-21,23-26,30,36H,14-15,22,27-29H2,1-4H3/t30-,36-/m0/s1. The molecule has 0 N–H and O–H groups in total. The molecule has 0 heterocycles. The molecule has 0 fully saturated rings. The van der Waals surface area contributed by atoms with Crippen LogP contribution in [0.15, 0.2) is 115 Å². The molecule has 0 radical (unpaired) electrons. The number of methoxy groups -OCH3 is 3. The molecular formula is C38H45O6P. The van der Waals surface area contributed by atoms with Crippen molar-refractivity contribution >= 4 is 34.1 Å². The van der Waals surface area contributed by atoms with Crippen LogP contribution in [0.4, 0.5) is 0 Å². The molecule has 238 valence electrons. The van der Waals surface area contributed by atoms with Crippen molar-refractivity contribution in [2.75, 3.05) is 34.7 Å². The summed E-state index contributed by atoms with van der Waals surface area (Å²) in [6.45, 7) is 0.721. The van der Waals surface area contributed by atoms with Crippen molar-refractivity contribution in [2.24, 2.45) is 5.92 Å². The Balaban J connectivity index is 1.63. The number of carbonyl (C=O) groups is 1. The lowest BCUT2D eigenvalue weighted by atomic mass is 9.97. The predicted octanol–water partition coefficient (Wildman–Crippen LogP) is 6.35. The van der Waals surface area contributed by atoms with E-state index in [1.807, 2.05) is 42.5 Å². The van der Waals surface area contributed by atoms with Gasteiger partial charge in [0.15, 0.2) is 0 Å². The van der Waals surface area contributed by atoms with Gasteiger partial charge in [-0.1, -0.05) is 110 Å². The molecule has 0 aliphatic rings. The predicted molar refractivity (Wildman–Crippen MR) is 185 cm³/mol. The molecule has 45 heavy (non-hydrogen) atoms. The van der Waals surface area contributed by atoms with Crippen LogP contribution in [0.25, 0.3) is 0 Å². The van der Waals surface area contributed by atoms with E-state index in [2.05, 4.69) is 79.7 Å². The van der Waals surface area contributed by atoms with E-state index in [1.165, 1.54) is 7.11 Å². The van der Waals surface area contributed by atoms with E-state index >= 15 is 0 Å². The van der Waals surface area contributed by atoms with E-state index in [9.17, 15) is 4.79 Å². The SMILES string of the molecule is COCO[C@@H](COCc1ccc(OC)cc1)[C@@H](C)CCCC(C(=O)OC)=P(c1ccccc1)(c1ccccc1)c1ccccc1. The topological polar surface area (TPSA) is 63.2 Å². The normalized spacial score (nSPS) is 12.7. The molecular weight excluding hydrogens is 583 g/mol. The number of carbonyl (C=O) groups excluding carboxylic acids is 1. The van der Waals surface area contributed by atoms with Crippen LogP contribution in [0, 0.1) is 5.92 Å². The lowest BCUT2D eigenvalue weighted by molar-refractivity contribution is -0.132. The van der Waals surface area contributed by atoms with Gasteiger partial charge in [-0.3, -0.25) is 0 Å². The van der Waals surface area contributed by atoms with Crippen LogP contribution in [-0.4, -0.2) is 52.1 Å². The second-order valence-electron chi connectivity index (χ2n) is 11.0. The second kappa shape index (κ2) is 17.7. The molecule has 0 aliphatic heterocycles. The zero-order valence-corrected chi connectivity index (χ0v) is 27.7. The first-order valence-electron chi connectivity index (χ1n) is 15.4. The number of hydrogen-bond acceptors (Lipinski definition) is 6. The molecule has 6 nitrogen and oxygen atoms in total.